The Morgan fingerprint density at radius 2 is 1.77 bits per heavy atom. The molecule has 1 saturated heterocycles. The summed E-state index contributed by atoms with van der Waals surface area (Å²) in [6.07, 6.45) is 1.51. The minimum absolute atomic E-state index is 0.0318. The quantitative estimate of drug-likeness (QED) is 0.425. The van der Waals surface area contributed by atoms with Crippen LogP contribution >= 0.6 is 34.8 Å². The Bertz CT molecular complexity index is 1190. The van der Waals surface area contributed by atoms with Gasteiger partial charge in [-0.25, -0.2) is 8.78 Å². The highest BCUT2D eigenvalue weighted by Crippen LogP contribution is 2.53. The van der Waals surface area contributed by atoms with E-state index in [0.29, 0.717) is 25.9 Å². The summed E-state index contributed by atoms with van der Waals surface area (Å²) in [5, 5.41) is 7.20. The Kier molecular flexibility index (Phi) is 7.51. The first-order valence-electron chi connectivity index (χ1n) is 10.7. The first-order valence-corrected chi connectivity index (χ1v) is 11.9. The first-order chi connectivity index (χ1) is 16.6. The Hall–Kier alpha value is -2.46. The van der Waals surface area contributed by atoms with Gasteiger partial charge in [0.15, 0.2) is 5.82 Å². The van der Waals surface area contributed by atoms with Crippen LogP contribution in [0.25, 0.3) is 0 Å². The van der Waals surface area contributed by atoms with Crippen molar-refractivity contribution < 1.29 is 27.9 Å². The molecule has 4 rings (SSSR count). The van der Waals surface area contributed by atoms with E-state index in [1.165, 1.54) is 18.2 Å². The topological polar surface area (TPSA) is 96.5 Å². The number of ether oxygens (including phenoxy) is 1. The molecular weight excluding hydrogens is 527 g/mol. The van der Waals surface area contributed by atoms with Crippen LogP contribution < -0.4 is 16.0 Å². The van der Waals surface area contributed by atoms with E-state index in [-0.39, 0.29) is 28.6 Å². The smallest absolute Gasteiger partial charge is 0.257 e. The van der Waals surface area contributed by atoms with Gasteiger partial charge in [0.1, 0.15) is 15.8 Å². The van der Waals surface area contributed by atoms with Gasteiger partial charge in [-0.1, -0.05) is 11.6 Å². The molecule has 2 aromatic carbocycles. The number of carbonyl (C=O) groups excluding carboxylic acids is 3. The van der Waals surface area contributed by atoms with Crippen LogP contribution in [0.15, 0.2) is 30.3 Å². The molecule has 1 saturated carbocycles. The predicted molar refractivity (Wildman–Crippen MR) is 129 cm³/mol. The van der Waals surface area contributed by atoms with E-state index in [4.69, 9.17) is 39.5 Å². The summed E-state index contributed by atoms with van der Waals surface area (Å²) < 4.78 is 33.5. The van der Waals surface area contributed by atoms with E-state index in [1.54, 1.807) is 0 Å². The number of benzene rings is 2. The number of nitrogens with one attached hydrogen (secondary N) is 3. The molecule has 186 valence electrons. The molecular formula is C23H20Cl3F2N3O4. The number of hydrogen-bond acceptors (Lipinski definition) is 4. The van der Waals surface area contributed by atoms with Crippen LogP contribution in [-0.4, -0.2) is 35.3 Å². The zero-order valence-electron chi connectivity index (χ0n) is 18.1. The predicted octanol–water partition coefficient (Wildman–Crippen LogP) is 5.37. The highest BCUT2D eigenvalue weighted by molar-refractivity contribution is 6.52. The molecule has 0 radical (unpaired) electrons. The molecule has 0 spiro atoms. The second-order valence-electron chi connectivity index (χ2n) is 8.34. The number of carbonyl (C=O) groups is 3. The third-order valence-corrected chi connectivity index (χ3v) is 6.90. The van der Waals surface area contributed by atoms with Gasteiger partial charge in [-0.2, -0.15) is 0 Å². The van der Waals surface area contributed by atoms with Crippen molar-refractivity contribution in [3.63, 3.8) is 0 Å². The van der Waals surface area contributed by atoms with Gasteiger partial charge in [0.25, 0.3) is 5.91 Å². The molecule has 3 N–H and O–H groups in total. The summed E-state index contributed by atoms with van der Waals surface area (Å²) in [6.45, 7) is 0.691. The van der Waals surface area contributed by atoms with Gasteiger partial charge < -0.3 is 20.7 Å². The summed E-state index contributed by atoms with van der Waals surface area (Å²) in [6, 6.07) is 6.10. The van der Waals surface area contributed by atoms with Crippen molar-refractivity contribution in [2.45, 2.75) is 23.6 Å². The Morgan fingerprint density at radius 1 is 1.03 bits per heavy atom. The van der Waals surface area contributed by atoms with Crippen molar-refractivity contribution in [3.05, 3.63) is 52.6 Å². The van der Waals surface area contributed by atoms with E-state index in [0.717, 1.165) is 12.1 Å². The van der Waals surface area contributed by atoms with Gasteiger partial charge in [-0.3, -0.25) is 14.4 Å². The number of halogens is 5. The lowest BCUT2D eigenvalue weighted by Crippen LogP contribution is -2.30. The largest absolute Gasteiger partial charge is 0.381 e. The molecule has 2 aliphatic rings. The normalized spacial score (nSPS) is 20.6. The number of hydrogen-bond donors (Lipinski definition) is 3. The minimum Gasteiger partial charge on any atom is -0.381 e. The monoisotopic (exact) mass is 545 g/mol. The second kappa shape index (κ2) is 10.3. The molecule has 1 aliphatic heterocycles. The zero-order valence-corrected chi connectivity index (χ0v) is 20.4. The van der Waals surface area contributed by atoms with Gasteiger partial charge in [-0.05, 0) is 49.6 Å². The molecule has 1 aliphatic carbocycles. The Balaban J connectivity index is 1.49. The number of alkyl halides is 2. The van der Waals surface area contributed by atoms with E-state index in [2.05, 4.69) is 16.0 Å². The van der Waals surface area contributed by atoms with Crippen LogP contribution in [0.5, 0.6) is 0 Å². The molecule has 35 heavy (non-hydrogen) atoms. The van der Waals surface area contributed by atoms with Crippen molar-refractivity contribution in [1.82, 2.24) is 0 Å². The standard InChI is InChI=1S/C23H20Cl3F2N3O4/c24-15-4-3-12(29-22(34)14-9-23(14,25)26)8-13(15)21(33)30-17-6-5-16(27)19(18(17)28)31-20(32)11-2-1-7-35-10-11/h3-6,8,11,14H,1-2,7,9-10H2,(H,29,34)(H,30,33)(H,31,32). The average molecular weight is 547 g/mol. The fourth-order valence-corrected chi connectivity index (χ4v) is 4.34. The number of amides is 3. The van der Waals surface area contributed by atoms with Crippen molar-refractivity contribution in [2.24, 2.45) is 11.8 Å². The van der Waals surface area contributed by atoms with Crippen LogP contribution in [0, 0.1) is 23.5 Å². The van der Waals surface area contributed by atoms with Crippen LogP contribution in [0.2, 0.25) is 5.02 Å². The summed E-state index contributed by atoms with van der Waals surface area (Å²) in [5.41, 5.74) is -0.871. The molecule has 12 heteroatoms. The molecule has 1 heterocycles. The summed E-state index contributed by atoms with van der Waals surface area (Å²) in [7, 11) is 0. The lowest BCUT2D eigenvalue weighted by molar-refractivity contribution is -0.123. The second-order valence-corrected chi connectivity index (χ2v) is 10.3. The Morgan fingerprint density at radius 3 is 2.43 bits per heavy atom. The zero-order chi connectivity index (χ0) is 25.3. The maximum Gasteiger partial charge on any atom is 0.257 e. The summed E-state index contributed by atoms with van der Waals surface area (Å²) in [5.74, 6) is -5.08. The van der Waals surface area contributed by atoms with Gasteiger partial charge in [0.05, 0.1) is 34.7 Å². The van der Waals surface area contributed by atoms with Gasteiger partial charge in [0, 0.05) is 12.3 Å². The van der Waals surface area contributed by atoms with Crippen molar-refractivity contribution in [3.8, 4) is 0 Å². The highest BCUT2D eigenvalue weighted by Gasteiger charge is 2.56. The molecule has 0 aromatic heterocycles. The van der Waals surface area contributed by atoms with Crippen LogP contribution in [-0.2, 0) is 14.3 Å². The third-order valence-electron chi connectivity index (χ3n) is 5.74. The molecule has 3 amide bonds. The van der Waals surface area contributed by atoms with Gasteiger partial charge in [-0.15, -0.1) is 23.2 Å². The fraction of sp³-hybridized carbons (Fsp3) is 0.348. The maximum absolute atomic E-state index is 15.0. The number of rotatable bonds is 6. The van der Waals surface area contributed by atoms with Crippen molar-refractivity contribution in [1.29, 1.82) is 0 Å². The number of anilines is 3. The maximum atomic E-state index is 15.0. The minimum atomic E-state index is -1.15. The third kappa shape index (κ3) is 5.86. The van der Waals surface area contributed by atoms with Gasteiger partial charge in [0.2, 0.25) is 11.8 Å². The molecule has 0 bridgehead atoms. The highest BCUT2D eigenvalue weighted by atomic mass is 35.5. The lowest BCUT2D eigenvalue weighted by atomic mass is 10.0. The SMILES string of the molecule is O=C(Nc1ccc(F)c(NC(=O)C2CCCOC2)c1F)c1cc(NC(=O)C2CC2(Cl)Cl)ccc1Cl. The molecule has 7 nitrogen and oxygen atoms in total. The molecule has 2 unspecified atom stereocenters. The molecule has 2 atom stereocenters. The van der Waals surface area contributed by atoms with Gasteiger partial charge >= 0.3 is 0 Å². The molecule has 2 aromatic rings. The van der Waals surface area contributed by atoms with Crippen molar-refractivity contribution in [2.75, 3.05) is 29.2 Å². The fourth-order valence-electron chi connectivity index (χ4n) is 3.63. The van der Waals surface area contributed by atoms with Crippen LogP contribution in [0.1, 0.15) is 29.6 Å². The average Bonchev–Trinajstić information content (AvgIpc) is 3.48. The van der Waals surface area contributed by atoms with Crippen LogP contribution in [0.4, 0.5) is 25.8 Å². The molecule has 2 fully saturated rings. The first kappa shape index (κ1) is 25.6. The van der Waals surface area contributed by atoms with Crippen LogP contribution in [0.3, 0.4) is 0 Å². The summed E-state index contributed by atoms with van der Waals surface area (Å²) >= 11 is 17.9. The van der Waals surface area contributed by atoms with E-state index >= 15 is 4.39 Å². The van der Waals surface area contributed by atoms with E-state index in [1.807, 2.05) is 0 Å². The van der Waals surface area contributed by atoms with E-state index < -0.39 is 51.2 Å². The van der Waals surface area contributed by atoms with Crippen molar-refractivity contribution >= 4 is 69.6 Å². The lowest BCUT2D eigenvalue weighted by Gasteiger charge is -2.21. The van der Waals surface area contributed by atoms with E-state index in [9.17, 15) is 18.8 Å². The Labute approximate surface area is 214 Å². The summed E-state index contributed by atoms with van der Waals surface area (Å²) in [4.78, 5) is 37.5.